The molecule has 2 rings (SSSR count). The van der Waals surface area contributed by atoms with Crippen LogP contribution in [0.4, 0.5) is 4.79 Å². The highest BCUT2D eigenvalue weighted by Gasteiger charge is 2.46. The third-order valence-corrected chi connectivity index (χ3v) is 4.36. The van der Waals surface area contributed by atoms with Gasteiger partial charge in [0.05, 0.1) is 6.54 Å². The van der Waals surface area contributed by atoms with Crippen LogP contribution in [0.1, 0.15) is 32.6 Å². The standard InChI is InChI=1S/C12H19NO4/c1-2-12(8-14)4-3-9(12)7-10(15)13-5-6-17-11(13)16/h9,14H,2-8H2,1H3/t9-,12-/m0/s1. The lowest BCUT2D eigenvalue weighted by Gasteiger charge is -2.48. The van der Waals surface area contributed by atoms with Gasteiger partial charge in [-0.05, 0) is 30.6 Å². The molecule has 0 aromatic rings. The Bertz CT molecular complexity index is 319. The molecule has 2 amide bonds. The molecular weight excluding hydrogens is 222 g/mol. The van der Waals surface area contributed by atoms with Crippen molar-refractivity contribution in [1.29, 1.82) is 0 Å². The van der Waals surface area contributed by atoms with E-state index in [9.17, 15) is 14.7 Å². The van der Waals surface area contributed by atoms with Crippen LogP contribution in [0.5, 0.6) is 0 Å². The van der Waals surface area contributed by atoms with Crippen molar-refractivity contribution in [3.63, 3.8) is 0 Å². The molecule has 0 bridgehead atoms. The molecule has 1 aliphatic heterocycles. The molecule has 5 heteroatoms. The molecule has 1 heterocycles. The first-order valence-corrected chi connectivity index (χ1v) is 6.21. The number of cyclic esters (lactones) is 1. The molecule has 0 radical (unpaired) electrons. The predicted octanol–water partition coefficient (Wildman–Crippen LogP) is 1.15. The first-order chi connectivity index (χ1) is 8.13. The zero-order valence-electron chi connectivity index (χ0n) is 10.1. The van der Waals surface area contributed by atoms with E-state index < -0.39 is 6.09 Å². The van der Waals surface area contributed by atoms with Gasteiger partial charge in [0.25, 0.3) is 0 Å². The first-order valence-electron chi connectivity index (χ1n) is 6.21. The Morgan fingerprint density at radius 1 is 1.65 bits per heavy atom. The summed E-state index contributed by atoms with van der Waals surface area (Å²) in [6, 6.07) is 0. The van der Waals surface area contributed by atoms with Gasteiger partial charge in [0, 0.05) is 13.0 Å². The molecule has 1 aliphatic carbocycles. The molecule has 1 saturated heterocycles. The SMILES string of the molecule is CC[C@@]1(CO)CC[C@H]1CC(=O)N1CCOC1=O. The van der Waals surface area contributed by atoms with Gasteiger partial charge in [-0.1, -0.05) is 6.92 Å². The van der Waals surface area contributed by atoms with E-state index in [0.29, 0.717) is 19.6 Å². The Balaban J connectivity index is 1.93. The summed E-state index contributed by atoms with van der Waals surface area (Å²) >= 11 is 0. The maximum absolute atomic E-state index is 11.9. The molecule has 0 aromatic heterocycles. The van der Waals surface area contributed by atoms with Crippen molar-refractivity contribution < 1.29 is 19.4 Å². The monoisotopic (exact) mass is 241 g/mol. The van der Waals surface area contributed by atoms with E-state index in [1.165, 1.54) is 4.90 Å². The lowest BCUT2D eigenvalue weighted by molar-refractivity contribution is -0.133. The molecule has 1 N–H and O–H groups in total. The van der Waals surface area contributed by atoms with Crippen LogP contribution >= 0.6 is 0 Å². The molecule has 0 unspecified atom stereocenters. The van der Waals surface area contributed by atoms with Gasteiger partial charge in [-0.3, -0.25) is 4.79 Å². The van der Waals surface area contributed by atoms with E-state index in [2.05, 4.69) is 0 Å². The van der Waals surface area contributed by atoms with E-state index in [0.717, 1.165) is 19.3 Å². The number of hydrogen-bond acceptors (Lipinski definition) is 4. The van der Waals surface area contributed by atoms with Crippen LogP contribution in [0, 0.1) is 11.3 Å². The lowest BCUT2D eigenvalue weighted by atomic mass is 9.58. The fourth-order valence-electron chi connectivity index (χ4n) is 2.80. The number of nitrogens with zero attached hydrogens (tertiary/aromatic N) is 1. The molecule has 2 aliphatic rings. The molecule has 2 fully saturated rings. The van der Waals surface area contributed by atoms with Gasteiger partial charge < -0.3 is 9.84 Å². The molecule has 0 aromatic carbocycles. The van der Waals surface area contributed by atoms with Gasteiger partial charge in [0.2, 0.25) is 5.91 Å². The van der Waals surface area contributed by atoms with Crippen molar-refractivity contribution >= 4 is 12.0 Å². The van der Waals surface area contributed by atoms with Crippen LogP contribution in [0.15, 0.2) is 0 Å². The summed E-state index contributed by atoms with van der Waals surface area (Å²) in [7, 11) is 0. The van der Waals surface area contributed by atoms with E-state index in [1.54, 1.807) is 0 Å². The highest BCUT2D eigenvalue weighted by molar-refractivity contribution is 5.93. The maximum Gasteiger partial charge on any atom is 0.416 e. The second-order valence-electron chi connectivity index (χ2n) is 4.97. The van der Waals surface area contributed by atoms with Gasteiger partial charge in [-0.2, -0.15) is 0 Å². The van der Waals surface area contributed by atoms with Gasteiger partial charge >= 0.3 is 6.09 Å². The predicted molar refractivity (Wildman–Crippen MR) is 60.2 cm³/mol. The quantitative estimate of drug-likeness (QED) is 0.802. The Labute approximate surface area is 101 Å². The number of amides is 2. The Hall–Kier alpha value is -1.10. The van der Waals surface area contributed by atoms with Crippen LogP contribution in [0.25, 0.3) is 0 Å². The maximum atomic E-state index is 11.9. The van der Waals surface area contributed by atoms with Crippen molar-refractivity contribution in [2.24, 2.45) is 11.3 Å². The van der Waals surface area contributed by atoms with E-state index >= 15 is 0 Å². The summed E-state index contributed by atoms with van der Waals surface area (Å²) in [6.45, 7) is 2.83. The minimum absolute atomic E-state index is 0.0979. The zero-order chi connectivity index (χ0) is 12.5. The Morgan fingerprint density at radius 2 is 2.41 bits per heavy atom. The van der Waals surface area contributed by atoms with Crippen molar-refractivity contribution in [3.8, 4) is 0 Å². The van der Waals surface area contributed by atoms with E-state index in [-0.39, 0.29) is 23.8 Å². The fourth-order valence-corrected chi connectivity index (χ4v) is 2.80. The van der Waals surface area contributed by atoms with Crippen LogP contribution in [0.3, 0.4) is 0 Å². The van der Waals surface area contributed by atoms with Crippen molar-refractivity contribution in [3.05, 3.63) is 0 Å². The molecule has 5 nitrogen and oxygen atoms in total. The summed E-state index contributed by atoms with van der Waals surface area (Å²) < 4.78 is 4.74. The van der Waals surface area contributed by atoms with Crippen molar-refractivity contribution in [1.82, 2.24) is 4.90 Å². The number of hydrogen-bond donors (Lipinski definition) is 1. The molecule has 96 valence electrons. The molecule has 2 atom stereocenters. The highest BCUT2D eigenvalue weighted by atomic mass is 16.6. The Morgan fingerprint density at radius 3 is 2.82 bits per heavy atom. The van der Waals surface area contributed by atoms with Crippen molar-refractivity contribution in [2.75, 3.05) is 19.8 Å². The number of aliphatic hydroxyl groups is 1. The minimum atomic E-state index is -0.527. The molecule has 17 heavy (non-hydrogen) atoms. The van der Waals surface area contributed by atoms with E-state index in [1.807, 2.05) is 6.92 Å². The number of imide groups is 1. The molecular formula is C12H19NO4. The number of carbonyl (C=O) groups is 2. The topological polar surface area (TPSA) is 66.8 Å². The van der Waals surface area contributed by atoms with Crippen LogP contribution in [-0.2, 0) is 9.53 Å². The third kappa shape index (κ3) is 2.04. The average molecular weight is 241 g/mol. The highest BCUT2D eigenvalue weighted by Crippen LogP contribution is 2.50. The molecule has 0 spiro atoms. The summed E-state index contributed by atoms with van der Waals surface area (Å²) in [6.07, 6.45) is 2.64. The van der Waals surface area contributed by atoms with Crippen molar-refractivity contribution in [2.45, 2.75) is 32.6 Å². The number of aliphatic hydroxyl groups excluding tert-OH is 1. The fraction of sp³-hybridized carbons (Fsp3) is 0.833. The van der Waals surface area contributed by atoms with Gasteiger partial charge in [-0.15, -0.1) is 0 Å². The third-order valence-electron chi connectivity index (χ3n) is 4.36. The summed E-state index contributed by atoms with van der Waals surface area (Å²) in [5.41, 5.74) is -0.0979. The summed E-state index contributed by atoms with van der Waals surface area (Å²) in [5, 5.41) is 9.42. The Kier molecular flexibility index (Phi) is 3.38. The number of rotatable bonds is 4. The van der Waals surface area contributed by atoms with Gasteiger partial charge in [0.15, 0.2) is 0 Å². The summed E-state index contributed by atoms with van der Waals surface area (Å²) in [5.74, 6) is 0.0434. The van der Waals surface area contributed by atoms with Crippen LogP contribution in [-0.4, -0.2) is 41.8 Å². The van der Waals surface area contributed by atoms with Gasteiger partial charge in [-0.25, -0.2) is 9.69 Å². The zero-order valence-corrected chi connectivity index (χ0v) is 10.1. The second-order valence-corrected chi connectivity index (χ2v) is 4.97. The number of ether oxygens (including phenoxy) is 1. The molecule has 1 saturated carbocycles. The largest absolute Gasteiger partial charge is 0.447 e. The first kappa shape index (κ1) is 12.4. The summed E-state index contributed by atoms with van der Waals surface area (Å²) in [4.78, 5) is 24.3. The second kappa shape index (κ2) is 4.64. The number of carbonyl (C=O) groups excluding carboxylic acids is 2. The minimum Gasteiger partial charge on any atom is -0.447 e. The van der Waals surface area contributed by atoms with Gasteiger partial charge in [0.1, 0.15) is 6.61 Å². The van der Waals surface area contributed by atoms with Crippen LogP contribution in [0.2, 0.25) is 0 Å². The normalized spacial score (nSPS) is 32.2. The van der Waals surface area contributed by atoms with Crippen LogP contribution < -0.4 is 0 Å². The van der Waals surface area contributed by atoms with E-state index in [4.69, 9.17) is 4.74 Å². The average Bonchev–Trinajstić information content (AvgIpc) is 2.73. The smallest absolute Gasteiger partial charge is 0.416 e. The lowest BCUT2D eigenvalue weighted by Crippen LogP contribution is -2.46.